The van der Waals surface area contributed by atoms with Crippen molar-refractivity contribution in [2.45, 2.75) is 26.4 Å². The molecule has 1 atom stereocenters. The fraction of sp³-hybridized carbons (Fsp3) is 0.182. The van der Waals surface area contributed by atoms with Crippen molar-refractivity contribution >= 4 is 23.2 Å². The van der Waals surface area contributed by atoms with Gasteiger partial charge >= 0.3 is 0 Å². The van der Waals surface area contributed by atoms with Crippen LogP contribution in [0, 0.1) is 0 Å². The van der Waals surface area contributed by atoms with Gasteiger partial charge in [-0.3, -0.25) is 9.59 Å². The lowest BCUT2D eigenvalue weighted by Gasteiger charge is -2.13. The van der Waals surface area contributed by atoms with Gasteiger partial charge in [0.05, 0.1) is 12.4 Å². The van der Waals surface area contributed by atoms with Crippen molar-refractivity contribution in [1.82, 2.24) is 0 Å². The summed E-state index contributed by atoms with van der Waals surface area (Å²) in [5.41, 5.74) is 1.64. The van der Waals surface area contributed by atoms with E-state index in [4.69, 9.17) is 9.15 Å². The summed E-state index contributed by atoms with van der Waals surface area (Å²) in [5.74, 6) is 0.345. The Morgan fingerprint density at radius 1 is 0.964 bits per heavy atom. The van der Waals surface area contributed by atoms with Crippen molar-refractivity contribution in [1.29, 1.82) is 0 Å². The lowest BCUT2D eigenvalue weighted by atomic mass is 10.2. The number of benzene rings is 2. The van der Waals surface area contributed by atoms with E-state index in [9.17, 15) is 9.59 Å². The zero-order valence-electron chi connectivity index (χ0n) is 15.8. The van der Waals surface area contributed by atoms with Gasteiger partial charge in [-0.25, -0.2) is 0 Å². The van der Waals surface area contributed by atoms with Gasteiger partial charge in [-0.05, 0) is 67.9 Å². The lowest BCUT2D eigenvalue weighted by Crippen LogP contribution is -2.14. The van der Waals surface area contributed by atoms with Gasteiger partial charge in [0.1, 0.15) is 5.75 Å². The van der Waals surface area contributed by atoms with Gasteiger partial charge in [0.15, 0.2) is 5.76 Å². The minimum atomic E-state index is -0.356. The predicted octanol–water partition coefficient (Wildman–Crippen LogP) is 4.96. The highest BCUT2D eigenvalue weighted by atomic mass is 16.5. The van der Waals surface area contributed by atoms with Crippen molar-refractivity contribution in [3.05, 3.63) is 78.3 Å². The van der Waals surface area contributed by atoms with Crippen molar-refractivity contribution in [3.63, 3.8) is 0 Å². The first-order valence-electron chi connectivity index (χ1n) is 9.08. The fourth-order valence-corrected chi connectivity index (χ4v) is 2.48. The van der Waals surface area contributed by atoms with Crippen molar-refractivity contribution in [2.24, 2.45) is 0 Å². The molecule has 0 fully saturated rings. The molecule has 0 spiro atoms. The molecule has 0 aliphatic rings. The second kappa shape index (κ2) is 8.90. The van der Waals surface area contributed by atoms with Crippen LogP contribution < -0.4 is 15.4 Å². The Morgan fingerprint density at radius 3 is 2.25 bits per heavy atom. The van der Waals surface area contributed by atoms with E-state index in [2.05, 4.69) is 17.6 Å². The number of ether oxygens (including phenoxy) is 1. The van der Waals surface area contributed by atoms with Crippen LogP contribution in [0.3, 0.4) is 0 Å². The van der Waals surface area contributed by atoms with Gasteiger partial charge in [0.2, 0.25) is 0 Å². The fourth-order valence-electron chi connectivity index (χ4n) is 2.48. The third-order valence-corrected chi connectivity index (χ3v) is 4.15. The van der Waals surface area contributed by atoms with Gasteiger partial charge in [0.25, 0.3) is 11.8 Å². The Bertz CT molecular complexity index is 933. The molecule has 3 aromatic rings. The quantitative estimate of drug-likeness (QED) is 0.609. The van der Waals surface area contributed by atoms with E-state index in [0.717, 1.165) is 12.2 Å². The second-order valence-electron chi connectivity index (χ2n) is 6.33. The summed E-state index contributed by atoms with van der Waals surface area (Å²) >= 11 is 0. The van der Waals surface area contributed by atoms with E-state index >= 15 is 0 Å². The highest BCUT2D eigenvalue weighted by Crippen LogP contribution is 2.19. The van der Waals surface area contributed by atoms with E-state index in [-0.39, 0.29) is 23.7 Å². The molecule has 1 heterocycles. The number of hydrogen-bond donors (Lipinski definition) is 2. The van der Waals surface area contributed by atoms with E-state index in [1.54, 1.807) is 60.7 Å². The molecule has 0 saturated heterocycles. The minimum Gasteiger partial charge on any atom is -0.491 e. The van der Waals surface area contributed by atoms with Crippen LogP contribution in [-0.2, 0) is 0 Å². The first-order valence-corrected chi connectivity index (χ1v) is 9.08. The number of amides is 2. The predicted molar refractivity (Wildman–Crippen MR) is 108 cm³/mol. The Hall–Kier alpha value is -3.54. The molecule has 144 valence electrons. The van der Waals surface area contributed by atoms with Crippen LogP contribution >= 0.6 is 0 Å². The molecule has 1 aromatic heterocycles. The molecule has 0 radical (unpaired) electrons. The number of anilines is 2. The maximum atomic E-state index is 12.5. The van der Waals surface area contributed by atoms with Gasteiger partial charge in [0, 0.05) is 16.9 Å². The first kappa shape index (κ1) is 19.2. The van der Waals surface area contributed by atoms with Gasteiger partial charge in [-0.1, -0.05) is 13.0 Å². The van der Waals surface area contributed by atoms with Crippen LogP contribution in [0.1, 0.15) is 41.2 Å². The molecular weight excluding hydrogens is 356 g/mol. The third kappa shape index (κ3) is 5.01. The standard InChI is InChI=1S/C22H22N2O4/c1-3-15(2)28-19-11-9-16(10-12-19)21(25)23-17-6-4-7-18(14-17)24-22(26)20-8-5-13-27-20/h4-15H,3H2,1-2H3,(H,23,25)(H,24,26). The van der Waals surface area contributed by atoms with Crippen LogP contribution in [0.5, 0.6) is 5.75 Å². The molecule has 0 saturated carbocycles. The SMILES string of the molecule is CCC(C)Oc1ccc(C(=O)Nc2cccc(NC(=O)c3ccco3)c2)cc1. The van der Waals surface area contributed by atoms with Crippen molar-refractivity contribution in [3.8, 4) is 5.75 Å². The summed E-state index contributed by atoms with van der Waals surface area (Å²) in [6.07, 6.45) is 2.47. The zero-order valence-corrected chi connectivity index (χ0v) is 15.8. The Balaban J connectivity index is 1.63. The molecule has 0 bridgehead atoms. The van der Waals surface area contributed by atoms with Crippen molar-refractivity contribution < 1.29 is 18.7 Å². The molecular formula is C22H22N2O4. The molecule has 2 amide bonds. The van der Waals surface area contributed by atoms with Gasteiger partial charge < -0.3 is 19.8 Å². The topological polar surface area (TPSA) is 80.6 Å². The maximum Gasteiger partial charge on any atom is 0.291 e. The molecule has 2 aromatic carbocycles. The average Bonchev–Trinajstić information content (AvgIpc) is 3.23. The van der Waals surface area contributed by atoms with Gasteiger partial charge in [-0.2, -0.15) is 0 Å². The number of carbonyl (C=O) groups excluding carboxylic acids is 2. The van der Waals surface area contributed by atoms with Crippen LogP contribution in [0.15, 0.2) is 71.3 Å². The summed E-state index contributed by atoms with van der Waals surface area (Å²) in [5, 5.41) is 5.55. The molecule has 1 unspecified atom stereocenters. The van der Waals surface area contributed by atoms with Crippen LogP contribution in [0.25, 0.3) is 0 Å². The van der Waals surface area contributed by atoms with Crippen molar-refractivity contribution in [2.75, 3.05) is 10.6 Å². The van der Waals surface area contributed by atoms with E-state index in [0.29, 0.717) is 16.9 Å². The molecule has 28 heavy (non-hydrogen) atoms. The zero-order chi connectivity index (χ0) is 19.9. The number of carbonyl (C=O) groups is 2. The number of furan rings is 1. The van der Waals surface area contributed by atoms with Crippen LogP contribution in [-0.4, -0.2) is 17.9 Å². The average molecular weight is 378 g/mol. The molecule has 0 aliphatic carbocycles. The summed E-state index contributed by atoms with van der Waals surface area (Å²) in [4.78, 5) is 24.5. The molecule has 6 heteroatoms. The van der Waals surface area contributed by atoms with E-state index in [1.807, 2.05) is 6.92 Å². The van der Waals surface area contributed by atoms with E-state index in [1.165, 1.54) is 6.26 Å². The summed E-state index contributed by atoms with van der Waals surface area (Å²) < 4.78 is 10.8. The molecule has 6 nitrogen and oxygen atoms in total. The van der Waals surface area contributed by atoms with E-state index < -0.39 is 0 Å². The highest BCUT2D eigenvalue weighted by Gasteiger charge is 2.11. The van der Waals surface area contributed by atoms with Crippen LogP contribution in [0.4, 0.5) is 11.4 Å². The molecule has 3 rings (SSSR count). The molecule has 0 aliphatic heterocycles. The highest BCUT2D eigenvalue weighted by molar-refractivity contribution is 6.05. The number of nitrogens with one attached hydrogen (secondary N) is 2. The second-order valence-corrected chi connectivity index (χ2v) is 6.33. The minimum absolute atomic E-state index is 0.124. The Kier molecular flexibility index (Phi) is 6.11. The number of rotatable bonds is 7. The van der Waals surface area contributed by atoms with Gasteiger partial charge in [-0.15, -0.1) is 0 Å². The largest absolute Gasteiger partial charge is 0.491 e. The third-order valence-electron chi connectivity index (χ3n) is 4.15. The summed E-state index contributed by atoms with van der Waals surface area (Å²) in [6.45, 7) is 4.05. The Morgan fingerprint density at radius 2 is 1.64 bits per heavy atom. The first-order chi connectivity index (χ1) is 13.5. The summed E-state index contributed by atoms with van der Waals surface area (Å²) in [6, 6.07) is 17.1. The lowest BCUT2D eigenvalue weighted by molar-refractivity contribution is 0.0995. The van der Waals surface area contributed by atoms with Crippen LogP contribution in [0.2, 0.25) is 0 Å². The maximum absolute atomic E-state index is 12.5. The Labute approximate surface area is 163 Å². The molecule has 2 N–H and O–H groups in total. The normalized spacial score (nSPS) is 11.5. The monoisotopic (exact) mass is 378 g/mol. The number of hydrogen-bond acceptors (Lipinski definition) is 4. The smallest absolute Gasteiger partial charge is 0.291 e. The summed E-state index contributed by atoms with van der Waals surface area (Å²) in [7, 11) is 0.